The highest BCUT2D eigenvalue weighted by molar-refractivity contribution is 6.31. The molecule has 21 heavy (non-hydrogen) atoms. The number of nitro groups is 1. The molecule has 0 heterocycles. The maximum atomic E-state index is 13.2. The van der Waals surface area contributed by atoms with Gasteiger partial charge in [-0.1, -0.05) is 11.6 Å². The zero-order valence-electron chi connectivity index (χ0n) is 10.9. The van der Waals surface area contributed by atoms with E-state index >= 15 is 0 Å². The van der Waals surface area contributed by atoms with Crippen LogP contribution in [0.3, 0.4) is 0 Å². The molecule has 2 aromatic carbocycles. The molecule has 0 aliphatic heterocycles. The summed E-state index contributed by atoms with van der Waals surface area (Å²) in [6, 6.07) is 7.67. The van der Waals surface area contributed by atoms with Crippen molar-refractivity contribution in [1.29, 1.82) is 0 Å². The molecule has 0 atom stereocenters. The summed E-state index contributed by atoms with van der Waals surface area (Å²) >= 11 is 5.77. The van der Waals surface area contributed by atoms with Gasteiger partial charge >= 0.3 is 0 Å². The van der Waals surface area contributed by atoms with Gasteiger partial charge in [0.15, 0.2) is 0 Å². The van der Waals surface area contributed by atoms with Crippen LogP contribution in [-0.4, -0.2) is 10.8 Å². The summed E-state index contributed by atoms with van der Waals surface area (Å²) in [5.74, 6) is -1.01. The number of halogens is 2. The average Bonchev–Trinajstić information content (AvgIpc) is 2.41. The fraction of sp³-hybridized carbons (Fsp3) is 0.0714. The lowest BCUT2D eigenvalue weighted by molar-refractivity contribution is -0.383. The van der Waals surface area contributed by atoms with Crippen LogP contribution in [0, 0.1) is 22.9 Å². The topological polar surface area (TPSA) is 72.2 Å². The molecule has 2 aromatic rings. The zero-order valence-corrected chi connectivity index (χ0v) is 11.6. The summed E-state index contributed by atoms with van der Waals surface area (Å²) in [7, 11) is 0. The van der Waals surface area contributed by atoms with Gasteiger partial charge in [-0.3, -0.25) is 14.9 Å². The number of benzene rings is 2. The summed E-state index contributed by atoms with van der Waals surface area (Å²) in [6.07, 6.45) is 0. The molecule has 0 saturated heterocycles. The molecule has 5 nitrogen and oxygen atoms in total. The molecular formula is C14H10ClFN2O3. The highest BCUT2D eigenvalue weighted by Gasteiger charge is 2.17. The third-order valence-electron chi connectivity index (χ3n) is 2.82. The number of amides is 1. The van der Waals surface area contributed by atoms with Crippen molar-refractivity contribution in [2.24, 2.45) is 0 Å². The summed E-state index contributed by atoms with van der Waals surface area (Å²) in [5, 5.41) is 13.6. The predicted octanol–water partition coefficient (Wildman–Crippen LogP) is 3.95. The molecular weight excluding hydrogens is 299 g/mol. The number of aryl methyl sites for hydroxylation is 1. The number of rotatable bonds is 3. The summed E-state index contributed by atoms with van der Waals surface area (Å²) < 4.78 is 13.2. The molecule has 0 spiro atoms. The first-order chi connectivity index (χ1) is 9.88. The summed E-state index contributed by atoms with van der Waals surface area (Å²) in [5.41, 5.74) is 0.220. The molecule has 0 unspecified atom stereocenters. The van der Waals surface area contributed by atoms with Crippen LogP contribution in [0.15, 0.2) is 36.4 Å². The quantitative estimate of drug-likeness (QED) is 0.689. The first-order valence-electron chi connectivity index (χ1n) is 5.90. The van der Waals surface area contributed by atoms with Gasteiger partial charge in [0.1, 0.15) is 11.5 Å². The predicted molar refractivity (Wildman–Crippen MR) is 77.2 cm³/mol. The van der Waals surface area contributed by atoms with E-state index in [1.807, 2.05) is 0 Å². The van der Waals surface area contributed by atoms with Gasteiger partial charge in [0, 0.05) is 16.7 Å². The van der Waals surface area contributed by atoms with Crippen molar-refractivity contribution >= 4 is 28.9 Å². The fourth-order valence-corrected chi connectivity index (χ4v) is 1.92. The second-order valence-electron chi connectivity index (χ2n) is 4.34. The molecule has 0 saturated carbocycles. The number of nitrogens with one attached hydrogen (secondary N) is 1. The van der Waals surface area contributed by atoms with Crippen LogP contribution in [0.1, 0.15) is 15.9 Å². The molecule has 2 rings (SSSR count). The molecule has 0 aliphatic carbocycles. The summed E-state index contributed by atoms with van der Waals surface area (Å²) in [4.78, 5) is 22.4. The van der Waals surface area contributed by atoms with Crippen molar-refractivity contribution < 1.29 is 14.1 Å². The van der Waals surface area contributed by atoms with Gasteiger partial charge < -0.3 is 5.32 Å². The first-order valence-corrected chi connectivity index (χ1v) is 6.27. The van der Waals surface area contributed by atoms with Gasteiger partial charge in [0.05, 0.1) is 4.92 Å². The lowest BCUT2D eigenvalue weighted by Crippen LogP contribution is -2.13. The molecule has 0 radical (unpaired) electrons. The van der Waals surface area contributed by atoms with Crippen LogP contribution < -0.4 is 5.32 Å². The number of anilines is 1. The minimum absolute atomic E-state index is 0.0144. The molecule has 1 amide bonds. The van der Waals surface area contributed by atoms with Gasteiger partial charge in [-0.15, -0.1) is 0 Å². The second-order valence-corrected chi connectivity index (χ2v) is 4.77. The van der Waals surface area contributed by atoms with Crippen LogP contribution in [-0.2, 0) is 0 Å². The molecule has 7 heteroatoms. The van der Waals surface area contributed by atoms with Crippen molar-refractivity contribution in [2.75, 3.05) is 5.32 Å². The van der Waals surface area contributed by atoms with Gasteiger partial charge in [-0.2, -0.15) is 0 Å². The Kier molecular flexibility index (Phi) is 4.18. The Labute approximate surface area is 124 Å². The van der Waals surface area contributed by atoms with E-state index in [9.17, 15) is 19.3 Å². The number of hydrogen-bond acceptors (Lipinski definition) is 3. The number of hydrogen-bond donors (Lipinski definition) is 1. The van der Waals surface area contributed by atoms with Crippen LogP contribution in [0.4, 0.5) is 15.8 Å². The molecule has 108 valence electrons. The van der Waals surface area contributed by atoms with Gasteiger partial charge in [-0.05, 0) is 42.8 Å². The van der Waals surface area contributed by atoms with Crippen LogP contribution in [0.5, 0.6) is 0 Å². The highest BCUT2D eigenvalue weighted by Crippen LogP contribution is 2.28. The standard InChI is InChI=1S/C14H10ClFN2O3/c1-8-6-9(2-4-11(8)16)14(19)17-12-7-10(15)3-5-13(12)18(20)21/h2-7H,1H3,(H,17,19). The van der Waals surface area contributed by atoms with Crippen LogP contribution >= 0.6 is 11.6 Å². The maximum Gasteiger partial charge on any atom is 0.292 e. The Hall–Kier alpha value is -2.47. The summed E-state index contributed by atoms with van der Waals surface area (Å²) in [6.45, 7) is 1.52. The average molecular weight is 309 g/mol. The molecule has 0 bridgehead atoms. The van der Waals surface area contributed by atoms with E-state index in [0.717, 1.165) is 6.07 Å². The smallest absolute Gasteiger partial charge is 0.292 e. The normalized spacial score (nSPS) is 10.2. The fourth-order valence-electron chi connectivity index (χ4n) is 1.75. The minimum Gasteiger partial charge on any atom is -0.316 e. The van der Waals surface area contributed by atoms with Crippen molar-refractivity contribution in [3.63, 3.8) is 0 Å². The Morgan fingerprint density at radius 3 is 2.62 bits per heavy atom. The van der Waals surface area contributed by atoms with Gasteiger partial charge in [0.2, 0.25) is 0 Å². The van der Waals surface area contributed by atoms with Crippen LogP contribution in [0.2, 0.25) is 5.02 Å². The monoisotopic (exact) mass is 308 g/mol. The zero-order chi connectivity index (χ0) is 15.6. The van der Waals surface area contributed by atoms with Crippen molar-refractivity contribution in [3.8, 4) is 0 Å². The van der Waals surface area contributed by atoms with E-state index in [0.29, 0.717) is 5.56 Å². The SMILES string of the molecule is Cc1cc(C(=O)Nc2cc(Cl)ccc2[N+](=O)[O-])ccc1F. The number of carbonyl (C=O) groups excluding carboxylic acids is 1. The lowest BCUT2D eigenvalue weighted by atomic mass is 10.1. The number of carbonyl (C=O) groups is 1. The lowest BCUT2D eigenvalue weighted by Gasteiger charge is -2.07. The van der Waals surface area contributed by atoms with E-state index in [-0.39, 0.29) is 22.0 Å². The molecule has 0 aliphatic rings. The first kappa shape index (κ1) is 14.9. The third-order valence-corrected chi connectivity index (χ3v) is 3.06. The van der Waals surface area contributed by atoms with Gasteiger partial charge in [0.25, 0.3) is 11.6 Å². The molecule has 0 fully saturated rings. The second kappa shape index (κ2) is 5.88. The largest absolute Gasteiger partial charge is 0.316 e. The Bertz CT molecular complexity index is 734. The number of nitro benzene ring substituents is 1. The van der Waals surface area contributed by atoms with Gasteiger partial charge in [-0.25, -0.2) is 4.39 Å². The van der Waals surface area contributed by atoms with E-state index < -0.39 is 16.6 Å². The van der Waals surface area contributed by atoms with E-state index in [4.69, 9.17) is 11.6 Å². The highest BCUT2D eigenvalue weighted by atomic mass is 35.5. The van der Waals surface area contributed by atoms with E-state index in [1.165, 1.54) is 37.3 Å². The molecule has 1 N–H and O–H groups in total. The van der Waals surface area contributed by atoms with Crippen LogP contribution in [0.25, 0.3) is 0 Å². The molecule has 0 aromatic heterocycles. The maximum absolute atomic E-state index is 13.2. The Balaban J connectivity index is 2.33. The van der Waals surface area contributed by atoms with E-state index in [2.05, 4.69) is 5.32 Å². The number of nitrogens with zero attached hydrogens (tertiary/aromatic N) is 1. The minimum atomic E-state index is -0.623. The van der Waals surface area contributed by atoms with E-state index in [1.54, 1.807) is 0 Å². The Morgan fingerprint density at radius 2 is 2.00 bits per heavy atom. The van der Waals surface area contributed by atoms with Crippen molar-refractivity contribution in [3.05, 3.63) is 68.5 Å². The third kappa shape index (κ3) is 3.35. The van der Waals surface area contributed by atoms with Crippen molar-refractivity contribution in [2.45, 2.75) is 6.92 Å². The van der Waals surface area contributed by atoms with Crippen molar-refractivity contribution in [1.82, 2.24) is 0 Å². The Morgan fingerprint density at radius 1 is 1.29 bits per heavy atom.